The van der Waals surface area contributed by atoms with E-state index < -0.39 is 5.41 Å². The predicted molar refractivity (Wildman–Crippen MR) is 226 cm³/mol. The van der Waals surface area contributed by atoms with Crippen LogP contribution in [0.25, 0.3) is 55.3 Å². The molecule has 0 saturated carbocycles. The highest BCUT2D eigenvalue weighted by molar-refractivity contribution is 8.01. The number of aliphatic imine (C=N–C) groups is 1. The number of benzene rings is 7. The van der Waals surface area contributed by atoms with Crippen LogP contribution in [0.1, 0.15) is 33.4 Å². The summed E-state index contributed by atoms with van der Waals surface area (Å²) in [6.45, 7) is 3.56. The molecule has 2 N–H and O–H groups in total. The number of thioether (sulfide) groups is 2. The van der Waals surface area contributed by atoms with E-state index >= 15 is 0 Å². The molecule has 0 atom stereocenters. The van der Waals surface area contributed by atoms with Crippen LogP contribution in [0.15, 0.2) is 174 Å². The second kappa shape index (κ2) is 13.5. The summed E-state index contributed by atoms with van der Waals surface area (Å²) in [6.07, 6.45) is 3.36. The summed E-state index contributed by atoms with van der Waals surface area (Å²) in [5.41, 5.74) is 23.3. The molecule has 1 spiro atoms. The van der Waals surface area contributed by atoms with E-state index in [9.17, 15) is 0 Å². The van der Waals surface area contributed by atoms with Crippen LogP contribution in [-0.4, -0.2) is 6.72 Å². The zero-order chi connectivity index (χ0) is 35.1. The molecule has 0 unspecified atom stereocenters. The van der Waals surface area contributed by atoms with Crippen molar-refractivity contribution in [2.45, 2.75) is 16.9 Å². The molecule has 7 aromatic carbocycles. The molecule has 0 saturated heterocycles. The molecule has 0 aliphatic heterocycles. The largest absolute Gasteiger partial charge is 0.404 e. The number of nitrogens with two attached hydrogens (primary N) is 1. The molecule has 2 nitrogen and oxygen atoms in total. The molecule has 7 aromatic rings. The SMILES string of the molecule is C=N/C=C\SCc1cccc(-c2ccc3c(c2)C2(c4ccccc4-c4ccccc42)c2cc(-c4cccc(CS/C=C\N)c4)c4ccccc4c2-3)c1. The average Bonchev–Trinajstić information content (AvgIpc) is 3.67. The van der Waals surface area contributed by atoms with Gasteiger partial charge >= 0.3 is 0 Å². The molecule has 4 heteroatoms. The van der Waals surface area contributed by atoms with E-state index in [2.05, 4.69) is 157 Å². The van der Waals surface area contributed by atoms with Crippen molar-refractivity contribution in [3.8, 4) is 44.5 Å². The van der Waals surface area contributed by atoms with E-state index in [1.54, 1.807) is 35.9 Å². The van der Waals surface area contributed by atoms with E-state index in [1.165, 1.54) is 88.7 Å². The van der Waals surface area contributed by atoms with Gasteiger partial charge < -0.3 is 5.73 Å². The third kappa shape index (κ3) is 5.17. The fourth-order valence-corrected chi connectivity index (χ4v) is 9.73. The standard InChI is InChI=1S/C48H36N2S2/c1-50-23-25-52-31-32-10-8-12-34(26-32)35-20-21-41-45(28-35)48(43-18-6-4-15-38(43)39-16-5-7-19-44(39)48)46-29-42(37-14-2-3-17-40(37)47(41)46)36-13-9-11-33(27-36)30-51-24-22-49/h2-29H,1,30-31,49H2/b24-22-,25-23-. The molecule has 0 fully saturated rings. The minimum atomic E-state index is -0.470. The van der Waals surface area contributed by atoms with Gasteiger partial charge in [-0.3, -0.25) is 4.99 Å². The first-order valence-corrected chi connectivity index (χ1v) is 19.6. The molecule has 0 aromatic heterocycles. The lowest BCUT2D eigenvalue weighted by atomic mass is 9.69. The van der Waals surface area contributed by atoms with Crippen LogP contribution >= 0.6 is 23.5 Å². The van der Waals surface area contributed by atoms with E-state index in [1.807, 2.05) is 10.8 Å². The third-order valence-electron chi connectivity index (χ3n) is 10.5. The zero-order valence-corrected chi connectivity index (χ0v) is 30.3. The fraction of sp³-hybridized carbons (Fsp3) is 0.0625. The Balaban J connectivity index is 1.31. The maximum absolute atomic E-state index is 5.66. The zero-order valence-electron chi connectivity index (χ0n) is 28.6. The average molecular weight is 705 g/mol. The third-order valence-corrected chi connectivity index (χ3v) is 12.2. The van der Waals surface area contributed by atoms with Crippen molar-refractivity contribution >= 4 is 41.0 Å². The smallest absolute Gasteiger partial charge is 0.0726 e. The fourth-order valence-electron chi connectivity index (χ4n) is 8.51. The topological polar surface area (TPSA) is 38.4 Å². The second-order valence-electron chi connectivity index (χ2n) is 13.3. The van der Waals surface area contributed by atoms with Crippen LogP contribution in [0.5, 0.6) is 0 Å². The summed E-state index contributed by atoms with van der Waals surface area (Å²) < 4.78 is 0. The van der Waals surface area contributed by atoms with Crippen LogP contribution in [0.3, 0.4) is 0 Å². The van der Waals surface area contributed by atoms with Gasteiger partial charge in [-0.2, -0.15) is 0 Å². The molecule has 0 bridgehead atoms. The Bertz CT molecular complexity index is 2530. The van der Waals surface area contributed by atoms with Crippen LogP contribution in [0.2, 0.25) is 0 Å². The van der Waals surface area contributed by atoms with Gasteiger partial charge in [0.15, 0.2) is 0 Å². The first kappa shape index (κ1) is 32.4. The normalized spacial score (nSPS) is 13.5. The van der Waals surface area contributed by atoms with E-state index in [4.69, 9.17) is 5.73 Å². The molecule has 0 radical (unpaired) electrons. The number of rotatable bonds is 9. The molecular formula is C48H36N2S2. The quantitative estimate of drug-likeness (QED) is 0.152. The van der Waals surface area contributed by atoms with Crippen molar-refractivity contribution in [3.63, 3.8) is 0 Å². The molecule has 9 rings (SSSR count). The Morgan fingerprint density at radius 1 is 0.519 bits per heavy atom. The van der Waals surface area contributed by atoms with Crippen LogP contribution < -0.4 is 5.73 Å². The van der Waals surface area contributed by atoms with Gasteiger partial charge in [0.1, 0.15) is 0 Å². The van der Waals surface area contributed by atoms with Crippen LogP contribution in [0, 0.1) is 0 Å². The number of fused-ring (bicyclic) bond motifs is 12. The van der Waals surface area contributed by atoms with Crippen LogP contribution in [-0.2, 0) is 16.9 Å². The van der Waals surface area contributed by atoms with Crippen molar-refractivity contribution < 1.29 is 0 Å². The van der Waals surface area contributed by atoms with Crippen molar-refractivity contribution in [2.75, 3.05) is 0 Å². The van der Waals surface area contributed by atoms with Gasteiger partial charge in [-0.15, -0.1) is 23.5 Å². The van der Waals surface area contributed by atoms with E-state index in [0.29, 0.717) is 0 Å². The number of hydrogen-bond acceptors (Lipinski definition) is 4. The molecule has 2 aliphatic rings. The van der Waals surface area contributed by atoms with Gasteiger partial charge in [-0.1, -0.05) is 133 Å². The summed E-state index contributed by atoms with van der Waals surface area (Å²) in [5.74, 6) is 1.74. The Kier molecular flexibility index (Phi) is 8.42. The highest BCUT2D eigenvalue weighted by Gasteiger charge is 2.52. The van der Waals surface area contributed by atoms with Gasteiger partial charge in [-0.05, 0) is 118 Å². The number of nitrogens with zero attached hydrogens (tertiary/aromatic N) is 1. The van der Waals surface area contributed by atoms with Gasteiger partial charge in [0.2, 0.25) is 0 Å². The Morgan fingerprint density at radius 3 is 1.85 bits per heavy atom. The highest BCUT2D eigenvalue weighted by Crippen LogP contribution is 2.64. The number of hydrogen-bond donors (Lipinski definition) is 1. The van der Waals surface area contributed by atoms with Gasteiger partial charge in [0.05, 0.1) is 5.41 Å². The maximum Gasteiger partial charge on any atom is 0.0726 e. The summed E-state index contributed by atoms with van der Waals surface area (Å²) in [7, 11) is 0. The molecule has 250 valence electrons. The van der Waals surface area contributed by atoms with E-state index in [-0.39, 0.29) is 0 Å². The summed E-state index contributed by atoms with van der Waals surface area (Å²) in [4.78, 5) is 3.85. The van der Waals surface area contributed by atoms with Crippen molar-refractivity contribution in [1.29, 1.82) is 0 Å². The molecule has 2 aliphatic carbocycles. The monoisotopic (exact) mass is 704 g/mol. The minimum Gasteiger partial charge on any atom is -0.404 e. The lowest BCUT2D eigenvalue weighted by Gasteiger charge is -2.31. The van der Waals surface area contributed by atoms with Crippen molar-refractivity contribution in [3.05, 3.63) is 202 Å². The van der Waals surface area contributed by atoms with Crippen molar-refractivity contribution in [1.82, 2.24) is 0 Å². The molecular weight excluding hydrogens is 669 g/mol. The second-order valence-corrected chi connectivity index (χ2v) is 15.1. The highest BCUT2D eigenvalue weighted by atomic mass is 32.2. The lowest BCUT2D eigenvalue weighted by molar-refractivity contribution is 0.795. The van der Waals surface area contributed by atoms with E-state index in [0.717, 1.165) is 11.5 Å². The van der Waals surface area contributed by atoms with Crippen LogP contribution in [0.4, 0.5) is 0 Å². The first-order chi connectivity index (χ1) is 25.7. The Hall–Kier alpha value is -5.55. The Morgan fingerprint density at radius 2 is 1.13 bits per heavy atom. The molecule has 52 heavy (non-hydrogen) atoms. The van der Waals surface area contributed by atoms with Gasteiger partial charge in [-0.25, -0.2) is 0 Å². The summed E-state index contributed by atoms with van der Waals surface area (Å²) in [5, 5.41) is 6.51. The maximum atomic E-state index is 5.66. The first-order valence-electron chi connectivity index (χ1n) is 17.5. The summed E-state index contributed by atoms with van der Waals surface area (Å²) in [6, 6.07) is 54.8. The Labute approximate surface area is 313 Å². The van der Waals surface area contributed by atoms with Crippen molar-refractivity contribution in [2.24, 2.45) is 10.7 Å². The minimum absolute atomic E-state index is 0.470. The van der Waals surface area contributed by atoms with Gasteiger partial charge in [0.25, 0.3) is 0 Å². The predicted octanol–water partition coefficient (Wildman–Crippen LogP) is 12.6. The molecule has 0 amide bonds. The lowest BCUT2D eigenvalue weighted by Crippen LogP contribution is -2.26. The van der Waals surface area contributed by atoms with Gasteiger partial charge in [0, 0.05) is 23.9 Å². The summed E-state index contributed by atoms with van der Waals surface area (Å²) >= 11 is 3.44. The molecule has 0 heterocycles.